The Hall–Kier alpha value is -2.86. The first kappa shape index (κ1) is 16.6. The third-order valence-electron chi connectivity index (χ3n) is 4.63. The van der Waals surface area contributed by atoms with E-state index >= 15 is 0 Å². The van der Waals surface area contributed by atoms with Crippen molar-refractivity contribution in [3.8, 4) is 0 Å². The maximum absolute atomic E-state index is 13.9. The summed E-state index contributed by atoms with van der Waals surface area (Å²) in [6, 6.07) is 12.3. The Kier molecular flexibility index (Phi) is 4.34. The summed E-state index contributed by atoms with van der Waals surface area (Å²) in [5.41, 5.74) is 2.36. The quantitative estimate of drug-likeness (QED) is 0.773. The number of carbonyl (C=O) groups excluding carboxylic acids is 1. The minimum atomic E-state index is -0.474. The lowest BCUT2D eigenvalue weighted by Gasteiger charge is -2.30. The van der Waals surface area contributed by atoms with Crippen molar-refractivity contribution in [1.29, 1.82) is 0 Å². The first-order chi connectivity index (χ1) is 12.6. The number of nitrogens with zero attached hydrogens (tertiary/aromatic N) is 1. The normalized spacial score (nSPS) is 14.6. The van der Waals surface area contributed by atoms with E-state index in [-0.39, 0.29) is 17.3 Å². The molecule has 1 amide bonds. The third-order valence-corrected chi connectivity index (χ3v) is 4.63. The van der Waals surface area contributed by atoms with Crippen LogP contribution < -0.4 is 10.2 Å². The third kappa shape index (κ3) is 2.93. The molecule has 1 aliphatic rings. The van der Waals surface area contributed by atoms with Crippen LogP contribution in [-0.2, 0) is 4.74 Å². The summed E-state index contributed by atoms with van der Waals surface area (Å²) in [6.45, 7) is 4.60. The lowest BCUT2D eigenvalue weighted by Crippen LogP contribution is -2.36. The van der Waals surface area contributed by atoms with Crippen LogP contribution in [-0.4, -0.2) is 32.2 Å². The van der Waals surface area contributed by atoms with E-state index in [9.17, 15) is 9.18 Å². The molecule has 1 N–H and O–H groups in total. The number of benzene rings is 2. The number of hydrogen-bond acceptors (Lipinski definition) is 4. The number of halogens is 1. The van der Waals surface area contributed by atoms with Gasteiger partial charge in [0.05, 0.1) is 24.6 Å². The molecule has 0 atom stereocenters. The second kappa shape index (κ2) is 6.80. The van der Waals surface area contributed by atoms with Gasteiger partial charge in [-0.3, -0.25) is 4.79 Å². The first-order valence-electron chi connectivity index (χ1n) is 8.56. The average Bonchev–Trinajstić information content (AvgIpc) is 3.01. The molecule has 134 valence electrons. The highest BCUT2D eigenvalue weighted by Crippen LogP contribution is 2.30. The molecule has 1 fully saturated rings. The van der Waals surface area contributed by atoms with Crippen molar-refractivity contribution in [2.45, 2.75) is 6.92 Å². The van der Waals surface area contributed by atoms with Gasteiger partial charge >= 0.3 is 0 Å². The van der Waals surface area contributed by atoms with Crippen molar-refractivity contribution in [3.05, 3.63) is 59.6 Å². The maximum atomic E-state index is 13.9. The van der Waals surface area contributed by atoms with Gasteiger partial charge in [0.15, 0.2) is 17.2 Å². The molecule has 0 spiro atoms. The topological polar surface area (TPSA) is 54.7 Å². The predicted molar refractivity (Wildman–Crippen MR) is 98.3 cm³/mol. The number of ether oxygens (including phenoxy) is 1. The largest absolute Gasteiger partial charge is 0.448 e. The summed E-state index contributed by atoms with van der Waals surface area (Å²) in [4.78, 5) is 15.0. The Morgan fingerprint density at radius 3 is 2.65 bits per heavy atom. The van der Waals surface area contributed by atoms with Crippen molar-refractivity contribution in [3.63, 3.8) is 0 Å². The molecule has 1 aliphatic heterocycles. The van der Waals surface area contributed by atoms with Crippen molar-refractivity contribution < 1.29 is 18.3 Å². The van der Waals surface area contributed by atoms with Crippen molar-refractivity contribution in [2.24, 2.45) is 0 Å². The minimum absolute atomic E-state index is 0.108. The fourth-order valence-electron chi connectivity index (χ4n) is 3.26. The zero-order chi connectivity index (χ0) is 18.1. The molecule has 1 aromatic heterocycles. The highest BCUT2D eigenvalue weighted by Gasteiger charge is 2.21. The highest BCUT2D eigenvalue weighted by molar-refractivity contribution is 6.07. The number of nitrogens with one attached hydrogen (secondary N) is 1. The van der Waals surface area contributed by atoms with Crippen molar-refractivity contribution in [1.82, 2.24) is 0 Å². The van der Waals surface area contributed by atoms with E-state index in [1.165, 1.54) is 6.07 Å². The molecule has 0 saturated carbocycles. The molecule has 0 unspecified atom stereocenters. The van der Waals surface area contributed by atoms with Crippen LogP contribution in [0.5, 0.6) is 0 Å². The van der Waals surface area contributed by atoms with E-state index in [2.05, 4.69) is 10.2 Å². The number of rotatable bonds is 3. The Bertz CT molecular complexity index is 961. The predicted octanol–water partition coefficient (Wildman–Crippen LogP) is 3.97. The molecule has 0 bridgehead atoms. The molecule has 3 aromatic rings. The number of morpholine rings is 1. The Morgan fingerprint density at radius 1 is 1.12 bits per heavy atom. The molecule has 2 aromatic carbocycles. The van der Waals surface area contributed by atoms with E-state index in [4.69, 9.17) is 9.15 Å². The number of amides is 1. The molecule has 0 aliphatic carbocycles. The van der Waals surface area contributed by atoms with E-state index in [0.717, 1.165) is 18.8 Å². The van der Waals surface area contributed by atoms with Crippen LogP contribution in [0.4, 0.5) is 15.8 Å². The van der Waals surface area contributed by atoms with Crippen LogP contribution in [0.3, 0.4) is 0 Å². The summed E-state index contributed by atoms with van der Waals surface area (Å²) < 4.78 is 24.9. The van der Waals surface area contributed by atoms with E-state index in [1.54, 1.807) is 19.1 Å². The number of furan rings is 1. The van der Waals surface area contributed by atoms with Crippen molar-refractivity contribution in [2.75, 3.05) is 36.5 Å². The number of hydrogen-bond donors (Lipinski definition) is 1. The standard InChI is InChI=1S/C20H19FN2O3/c1-13-14-5-4-6-15(21)19(14)26-18(13)20(24)22-16-7-2-3-8-17(16)23-9-11-25-12-10-23/h2-8H,9-12H2,1H3,(H,22,24). The molecule has 2 heterocycles. The Morgan fingerprint density at radius 2 is 1.88 bits per heavy atom. The molecule has 1 saturated heterocycles. The highest BCUT2D eigenvalue weighted by atomic mass is 19.1. The molecule has 0 radical (unpaired) electrons. The summed E-state index contributed by atoms with van der Waals surface area (Å²) in [7, 11) is 0. The Balaban J connectivity index is 1.65. The van der Waals surface area contributed by atoms with E-state index in [0.29, 0.717) is 29.9 Å². The zero-order valence-corrected chi connectivity index (χ0v) is 14.4. The Labute approximate surface area is 150 Å². The van der Waals surface area contributed by atoms with Crippen LogP contribution in [0.15, 0.2) is 46.9 Å². The SMILES string of the molecule is Cc1c(C(=O)Nc2ccccc2N2CCOCC2)oc2c(F)cccc12. The number of para-hydroxylation sites is 3. The van der Waals surface area contributed by atoms with Gasteiger partial charge in [-0.25, -0.2) is 4.39 Å². The summed E-state index contributed by atoms with van der Waals surface area (Å²) in [6.07, 6.45) is 0. The summed E-state index contributed by atoms with van der Waals surface area (Å²) in [5, 5.41) is 3.52. The summed E-state index contributed by atoms with van der Waals surface area (Å²) in [5.74, 6) is -0.737. The van der Waals surface area contributed by atoms with Gasteiger partial charge in [-0.15, -0.1) is 0 Å². The molecular formula is C20H19FN2O3. The van der Waals surface area contributed by atoms with Gasteiger partial charge in [0.1, 0.15) is 0 Å². The molecule has 26 heavy (non-hydrogen) atoms. The number of anilines is 2. The van der Waals surface area contributed by atoms with E-state index < -0.39 is 5.82 Å². The van der Waals surface area contributed by atoms with Gasteiger partial charge in [-0.05, 0) is 25.1 Å². The van der Waals surface area contributed by atoms with Gasteiger partial charge in [0, 0.05) is 24.0 Å². The molecule has 4 rings (SSSR count). The van der Waals surface area contributed by atoms with Gasteiger partial charge in [0.25, 0.3) is 5.91 Å². The van der Waals surface area contributed by atoms with Gasteiger partial charge in [-0.2, -0.15) is 0 Å². The van der Waals surface area contributed by atoms with Gasteiger partial charge < -0.3 is 19.4 Å². The van der Waals surface area contributed by atoms with Gasteiger partial charge in [0.2, 0.25) is 0 Å². The smallest absolute Gasteiger partial charge is 0.291 e. The monoisotopic (exact) mass is 354 g/mol. The van der Waals surface area contributed by atoms with Crippen LogP contribution >= 0.6 is 0 Å². The fourth-order valence-corrected chi connectivity index (χ4v) is 3.26. The number of carbonyl (C=O) groups is 1. The molecule has 6 heteroatoms. The molecule has 5 nitrogen and oxygen atoms in total. The van der Waals surface area contributed by atoms with Crippen LogP contribution in [0.1, 0.15) is 16.1 Å². The summed E-state index contributed by atoms with van der Waals surface area (Å²) >= 11 is 0. The second-order valence-corrected chi connectivity index (χ2v) is 6.24. The minimum Gasteiger partial charge on any atom is -0.448 e. The maximum Gasteiger partial charge on any atom is 0.291 e. The number of fused-ring (bicyclic) bond motifs is 1. The fraction of sp³-hybridized carbons (Fsp3) is 0.250. The lowest BCUT2D eigenvalue weighted by atomic mass is 10.1. The van der Waals surface area contributed by atoms with Gasteiger partial charge in [-0.1, -0.05) is 24.3 Å². The van der Waals surface area contributed by atoms with Crippen LogP contribution in [0.25, 0.3) is 11.0 Å². The zero-order valence-electron chi connectivity index (χ0n) is 14.4. The van der Waals surface area contributed by atoms with E-state index in [1.807, 2.05) is 24.3 Å². The van der Waals surface area contributed by atoms with Crippen LogP contribution in [0, 0.1) is 12.7 Å². The van der Waals surface area contributed by atoms with Crippen LogP contribution in [0.2, 0.25) is 0 Å². The lowest BCUT2D eigenvalue weighted by molar-refractivity contribution is 0.0997. The first-order valence-corrected chi connectivity index (χ1v) is 8.56. The average molecular weight is 354 g/mol. The second-order valence-electron chi connectivity index (χ2n) is 6.24. The van der Waals surface area contributed by atoms with Crippen molar-refractivity contribution >= 4 is 28.3 Å². The number of aryl methyl sites for hydroxylation is 1. The molecular weight excluding hydrogens is 335 g/mol.